The molecule has 0 aromatic heterocycles. The van der Waals surface area contributed by atoms with Gasteiger partial charge in [0.2, 0.25) is 5.91 Å². The molecule has 5 fully saturated rings. The van der Waals surface area contributed by atoms with Crippen molar-refractivity contribution in [2.45, 2.75) is 95.4 Å². The van der Waals surface area contributed by atoms with Crippen LogP contribution < -0.4 is 5.32 Å². The maximum absolute atomic E-state index is 13.9. The van der Waals surface area contributed by atoms with E-state index in [0.717, 1.165) is 12.3 Å². The number of carbonyl (C=O) groups is 1. The van der Waals surface area contributed by atoms with Crippen LogP contribution >= 0.6 is 0 Å². The number of carbonyl (C=O) groups excluding carboxylic acids is 1. The summed E-state index contributed by atoms with van der Waals surface area (Å²) in [4.78, 5) is 13.9. The molecular formula is C26H35NO. The fourth-order valence-corrected chi connectivity index (χ4v) is 9.84. The maximum atomic E-state index is 13.9. The number of benzene rings is 1. The van der Waals surface area contributed by atoms with Crippen LogP contribution in [0.2, 0.25) is 0 Å². The molecule has 1 N–H and O–H groups in total. The van der Waals surface area contributed by atoms with E-state index in [9.17, 15) is 4.79 Å². The number of hydrogen-bond donors (Lipinski definition) is 1. The Morgan fingerprint density at radius 3 is 2.57 bits per heavy atom. The molecule has 5 aliphatic rings. The zero-order valence-electron chi connectivity index (χ0n) is 17.4. The van der Waals surface area contributed by atoms with Crippen molar-refractivity contribution in [2.75, 3.05) is 0 Å². The summed E-state index contributed by atoms with van der Waals surface area (Å²) in [5.74, 6) is 1.24. The molecular weight excluding hydrogens is 342 g/mol. The molecule has 5 atom stereocenters. The molecule has 6 rings (SSSR count). The van der Waals surface area contributed by atoms with Gasteiger partial charge in [0.15, 0.2) is 0 Å². The Kier molecular flexibility index (Phi) is 3.53. The van der Waals surface area contributed by atoms with E-state index < -0.39 is 0 Å². The fraction of sp³-hybridized carbons (Fsp3) is 0.731. The van der Waals surface area contributed by atoms with Gasteiger partial charge in [0.05, 0.1) is 5.41 Å². The summed E-state index contributed by atoms with van der Waals surface area (Å²) in [5, 5.41) is 3.59. The third kappa shape index (κ3) is 1.76. The normalized spacial score (nSPS) is 45.8. The highest BCUT2D eigenvalue weighted by Gasteiger charge is 2.93. The van der Waals surface area contributed by atoms with Crippen molar-refractivity contribution in [1.82, 2.24) is 5.32 Å². The first-order chi connectivity index (χ1) is 13.6. The summed E-state index contributed by atoms with van der Waals surface area (Å²) < 4.78 is 0. The van der Waals surface area contributed by atoms with Crippen molar-refractivity contribution in [3.8, 4) is 0 Å². The summed E-state index contributed by atoms with van der Waals surface area (Å²) in [6.45, 7) is 2.35. The molecule has 28 heavy (non-hydrogen) atoms. The van der Waals surface area contributed by atoms with Crippen LogP contribution in [0.4, 0.5) is 0 Å². The van der Waals surface area contributed by atoms with Crippen LogP contribution in [0, 0.1) is 22.2 Å². The molecule has 2 heteroatoms. The number of fused-ring (bicyclic) bond motifs is 1. The second-order valence-corrected chi connectivity index (χ2v) is 11.1. The summed E-state index contributed by atoms with van der Waals surface area (Å²) in [7, 11) is 0. The average molecular weight is 378 g/mol. The first-order valence-corrected chi connectivity index (χ1v) is 12.0. The van der Waals surface area contributed by atoms with Gasteiger partial charge in [-0.25, -0.2) is 0 Å². The molecule has 2 nitrogen and oxygen atoms in total. The fourth-order valence-electron chi connectivity index (χ4n) is 9.84. The quantitative estimate of drug-likeness (QED) is 0.695. The minimum atomic E-state index is -0.0589. The zero-order chi connectivity index (χ0) is 19.0. The SMILES string of the molecule is CCC[C@@]12CC3CC4(C(=O)NC5CCCCC5)C[C@](c5ccccc5)(C1)C42C3. The summed E-state index contributed by atoms with van der Waals surface area (Å²) in [6.07, 6.45) is 15.3. The van der Waals surface area contributed by atoms with Crippen LogP contribution in [-0.4, -0.2) is 11.9 Å². The number of rotatable bonds is 5. The number of amides is 1. The van der Waals surface area contributed by atoms with Crippen molar-refractivity contribution < 1.29 is 4.79 Å². The van der Waals surface area contributed by atoms with E-state index in [2.05, 4.69) is 42.6 Å². The van der Waals surface area contributed by atoms with Crippen LogP contribution in [0.25, 0.3) is 0 Å². The van der Waals surface area contributed by atoms with Crippen LogP contribution in [0.5, 0.6) is 0 Å². The molecule has 0 aliphatic heterocycles. The van der Waals surface area contributed by atoms with Gasteiger partial charge < -0.3 is 5.32 Å². The molecule has 1 spiro atoms. The lowest BCUT2D eigenvalue weighted by atomic mass is 9.18. The molecule has 150 valence electrons. The molecule has 2 bridgehead atoms. The third-order valence-corrected chi connectivity index (χ3v) is 10.1. The Bertz CT molecular complexity index is 798. The second kappa shape index (κ2) is 5.64. The highest BCUT2D eigenvalue weighted by atomic mass is 16.2. The van der Waals surface area contributed by atoms with Gasteiger partial charge in [-0.2, -0.15) is 0 Å². The van der Waals surface area contributed by atoms with Crippen molar-refractivity contribution >= 4 is 5.91 Å². The topological polar surface area (TPSA) is 29.1 Å². The monoisotopic (exact) mass is 377 g/mol. The molecule has 1 aromatic rings. The van der Waals surface area contributed by atoms with E-state index in [-0.39, 0.29) is 10.8 Å². The van der Waals surface area contributed by atoms with Gasteiger partial charge in [-0.3, -0.25) is 4.79 Å². The lowest BCUT2D eigenvalue weighted by Crippen LogP contribution is -2.83. The van der Waals surface area contributed by atoms with Gasteiger partial charge in [0.25, 0.3) is 0 Å². The van der Waals surface area contributed by atoms with Crippen LogP contribution in [0.1, 0.15) is 89.5 Å². The predicted octanol–water partition coefficient (Wildman–Crippen LogP) is 5.75. The Morgan fingerprint density at radius 1 is 1.04 bits per heavy atom. The van der Waals surface area contributed by atoms with Crippen molar-refractivity contribution in [1.29, 1.82) is 0 Å². The molecule has 1 aromatic carbocycles. The van der Waals surface area contributed by atoms with E-state index in [4.69, 9.17) is 0 Å². The lowest BCUT2D eigenvalue weighted by Gasteiger charge is -2.84. The van der Waals surface area contributed by atoms with Gasteiger partial charge in [0, 0.05) is 16.9 Å². The van der Waals surface area contributed by atoms with Crippen LogP contribution in [-0.2, 0) is 10.2 Å². The third-order valence-electron chi connectivity index (χ3n) is 10.1. The second-order valence-electron chi connectivity index (χ2n) is 11.1. The van der Waals surface area contributed by atoms with Gasteiger partial charge in [0.1, 0.15) is 0 Å². The van der Waals surface area contributed by atoms with Crippen molar-refractivity contribution in [3.05, 3.63) is 35.9 Å². The molecule has 5 aliphatic carbocycles. The highest BCUT2D eigenvalue weighted by Crippen LogP contribution is 2.96. The van der Waals surface area contributed by atoms with Crippen LogP contribution in [0.3, 0.4) is 0 Å². The van der Waals surface area contributed by atoms with Gasteiger partial charge in [-0.15, -0.1) is 0 Å². The van der Waals surface area contributed by atoms with Crippen molar-refractivity contribution in [2.24, 2.45) is 22.2 Å². The van der Waals surface area contributed by atoms with E-state index in [1.165, 1.54) is 76.2 Å². The van der Waals surface area contributed by atoms with E-state index >= 15 is 0 Å². The summed E-state index contributed by atoms with van der Waals surface area (Å²) in [5.41, 5.74) is 2.47. The first kappa shape index (κ1) is 17.5. The smallest absolute Gasteiger partial charge is 0.227 e. The summed E-state index contributed by atoms with van der Waals surface area (Å²) >= 11 is 0. The largest absolute Gasteiger partial charge is 0.353 e. The van der Waals surface area contributed by atoms with E-state index in [0.29, 0.717) is 22.8 Å². The molecule has 1 amide bonds. The van der Waals surface area contributed by atoms with E-state index in [1.54, 1.807) is 0 Å². The van der Waals surface area contributed by atoms with Crippen LogP contribution in [0.15, 0.2) is 30.3 Å². The molecule has 5 saturated carbocycles. The highest BCUT2D eigenvalue weighted by molar-refractivity contribution is 5.88. The standard InChI is InChI=1S/C26H35NO/c1-2-13-23-14-19-15-24(22(28)27-21-11-7-4-8-12-21)18-25(17-23,26(23,24)16-19)20-9-5-3-6-10-20/h3,5-6,9-10,19,21H,2,4,7-8,11-18H2,1H3,(H,27,28)/t19?,23-,24?,25+,26?/m1/s1. The number of nitrogens with one attached hydrogen (secondary N) is 1. The molecule has 0 radical (unpaired) electrons. The Hall–Kier alpha value is -1.31. The minimum absolute atomic E-state index is 0.0589. The van der Waals surface area contributed by atoms with Gasteiger partial charge in [-0.1, -0.05) is 62.9 Å². The summed E-state index contributed by atoms with van der Waals surface area (Å²) in [6, 6.07) is 11.7. The maximum Gasteiger partial charge on any atom is 0.227 e. The predicted molar refractivity (Wildman–Crippen MR) is 112 cm³/mol. The van der Waals surface area contributed by atoms with Crippen molar-refractivity contribution in [3.63, 3.8) is 0 Å². The van der Waals surface area contributed by atoms with Gasteiger partial charge in [-0.05, 0) is 68.3 Å². The molecule has 0 heterocycles. The number of hydrogen-bond acceptors (Lipinski definition) is 1. The first-order valence-electron chi connectivity index (χ1n) is 12.0. The molecule has 0 saturated heterocycles. The van der Waals surface area contributed by atoms with E-state index in [1.807, 2.05) is 0 Å². The average Bonchev–Trinajstić information content (AvgIpc) is 3.17. The minimum Gasteiger partial charge on any atom is -0.353 e. The molecule has 3 unspecified atom stereocenters. The Balaban J connectivity index is 1.39. The Morgan fingerprint density at radius 2 is 1.82 bits per heavy atom. The Labute approximate surface area is 169 Å². The van der Waals surface area contributed by atoms with Gasteiger partial charge >= 0.3 is 0 Å². The lowest BCUT2D eigenvalue weighted by molar-refractivity contribution is -0.311. The zero-order valence-corrected chi connectivity index (χ0v) is 17.4.